The number of piperazine rings is 1. The van der Waals surface area contributed by atoms with Gasteiger partial charge in [0.25, 0.3) is 0 Å². The lowest BCUT2D eigenvalue weighted by Gasteiger charge is -2.48. The van der Waals surface area contributed by atoms with Crippen molar-refractivity contribution in [2.24, 2.45) is 5.92 Å². The summed E-state index contributed by atoms with van der Waals surface area (Å²) in [4.78, 5) is 8.11. The molecule has 3 fully saturated rings. The molecule has 0 spiro atoms. The summed E-state index contributed by atoms with van der Waals surface area (Å²) in [5, 5.41) is 9.60. The van der Waals surface area contributed by atoms with Gasteiger partial charge in [0.15, 0.2) is 0 Å². The topological polar surface area (TPSA) is 30.0 Å². The van der Waals surface area contributed by atoms with Crippen LogP contribution < -0.4 is 0 Å². The predicted octanol–water partition coefficient (Wildman–Crippen LogP) is 2.81. The van der Waals surface area contributed by atoms with E-state index in [9.17, 15) is 5.11 Å². The second-order valence-corrected chi connectivity index (χ2v) is 9.03. The molecule has 1 aliphatic carbocycles. The van der Waals surface area contributed by atoms with E-state index in [1.165, 1.54) is 84.2 Å². The van der Waals surface area contributed by atoms with Crippen molar-refractivity contribution in [3.63, 3.8) is 0 Å². The van der Waals surface area contributed by atoms with Gasteiger partial charge in [0, 0.05) is 50.9 Å². The molecule has 0 aromatic rings. The fourth-order valence-corrected chi connectivity index (χ4v) is 5.46. The van der Waals surface area contributed by atoms with Crippen LogP contribution in [0.3, 0.4) is 0 Å². The minimum Gasteiger partial charge on any atom is -0.396 e. The van der Waals surface area contributed by atoms with Gasteiger partial charge in [-0.1, -0.05) is 19.3 Å². The van der Waals surface area contributed by atoms with Crippen LogP contribution in [0.2, 0.25) is 0 Å². The molecule has 146 valence electrons. The zero-order chi connectivity index (χ0) is 17.6. The van der Waals surface area contributed by atoms with Gasteiger partial charge in [-0.25, -0.2) is 0 Å². The monoisotopic (exact) mass is 351 g/mol. The first-order valence-corrected chi connectivity index (χ1v) is 11.0. The summed E-state index contributed by atoms with van der Waals surface area (Å²) >= 11 is 0. The number of aliphatic hydroxyl groups excluding tert-OH is 1. The van der Waals surface area contributed by atoms with Gasteiger partial charge in [-0.15, -0.1) is 0 Å². The van der Waals surface area contributed by atoms with Crippen molar-refractivity contribution in [3.05, 3.63) is 0 Å². The molecule has 0 aromatic carbocycles. The molecule has 0 amide bonds. The van der Waals surface area contributed by atoms with Crippen LogP contribution in [0, 0.1) is 5.92 Å². The lowest BCUT2D eigenvalue weighted by molar-refractivity contribution is -0.00320. The summed E-state index contributed by atoms with van der Waals surface area (Å²) in [6, 6.07) is 1.99. The van der Waals surface area contributed by atoms with Crippen molar-refractivity contribution < 1.29 is 5.11 Å². The Balaban J connectivity index is 1.51. The van der Waals surface area contributed by atoms with Gasteiger partial charge < -0.3 is 14.9 Å². The van der Waals surface area contributed by atoms with Crippen molar-refractivity contribution >= 4 is 0 Å². The maximum atomic E-state index is 9.60. The van der Waals surface area contributed by atoms with Crippen molar-refractivity contribution in [1.82, 2.24) is 14.7 Å². The Hall–Kier alpha value is -0.160. The van der Waals surface area contributed by atoms with E-state index in [0.29, 0.717) is 18.7 Å². The number of hydrogen-bond acceptors (Lipinski definition) is 4. The number of rotatable bonds is 6. The van der Waals surface area contributed by atoms with Crippen LogP contribution in [0.15, 0.2) is 0 Å². The van der Waals surface area contributed by atoms with Crippen molar-refractivity contribution in [1.29, 1.82) is 0 Å². The van der Waals surface area contributed by atoms with Crippen LogP contribution in [0.1, 0.15) is 65.2 Å². The highest BCUT2D eigenvalue weighted by Crippen LogP contribution is 2.28. The van der Waals surface area contributed by atoms with Crippen LogP contribution in [0.25, 0.3) is 0 Å². The van der Waals surface area contributed by atoms with Crippen LogP contribution in [-0.2, 0) is 0 Å². The molecule has 25 heavy (non-hydrogen) atoms. The van der Waals surface area contributed by atoms with E-state index >= 15 is 0 Å². The molecular weight excluding hydrogens is 310 g/mol. The fraction of sp³-hybridized carbons (Fsp3) is 1.00. The van der Waals surface area contributed by atoms with Crippen LogP contribution in [0.4, 0.5) is 0 Å². The molecule has 0 radical (unpaired) electrons. The molecule has 2 aliphatic heterocycles. The van der Waals surface area contributed by atoms with E-state index in [1.54, 1.807) is 0 Å². The second-order valence-electron chi connectivity index (χ2n) is 9.03. The van der Waals surface area contributed by atoms with Crippen molar-refractivity contribution in [2.75, 3.05) is 45.9 Å². The SMILES string of the molecule is CC(C)N1CCC(N2CCN(CC3CCCCC3)CC2CCO)CC1. The van der Waals surface area contributed by atoms with Gasteiger partial charge in [-0.2, -0.15) is 0 Å². The summed E-state index contributed by atoms with van der Waals surface area (Å²) in [6.07, 6.45) is 10.8. The standard InChI is InChI=1S/C21H41N3O/c1-18(2)23-11-8-20(9-12-23)24-14-13-22(17-21(24)10-15-25)16-19-6-4-3-5-7-19/h18-21,25H,3-17H2,1-2H3. The van der Waals surface area contributed by atoms with Gasteiger partial charge in [0.2, 0.25) is 0 Å². The average Bonchev–Trinajstić information content (AvgIpc) is 2.63. The van der Waals surface area contributed by atoms with Crippen molar-refractivity contribution in [3.8, 4) is 0 Å². The minimum atomic E-state index is 0.337. The lowest BCUT2D eigenvalue weighted by Crippen LogP contribution is -2.59. The summed E-state index contributed by atoms with van der Waals surface area (Å²) in [6.45, 7) is 12.4. The van der Waals surface area contributed by atoms with Crippen LogP contribution in [0.5, 0.6) is 0 Å². The normalized spacial score (nSPS) is 29.5. The molecule has 0 aromatic heterocycles. The zero-order valence-electron chi connectivity index (χ0n) is 16.7. The Kier molecular flexibility index (Phi) is 7.59. The first-order valence-electron chi connectivity index (χ1n) is 11.0. The molecule has 1 unspecified atom stereocenters. The first-order chi connectivity index (χ1) is 12.2. The maximum absolute atomic E-state index is 9.60. The van der Waals surface area contributed by atoms with E-state index in [0.717, 1.165) is 18.4 Å². The van der Waals surface area contributed by atoms with Gasteiger partial charge >= 0.3 is 0 Å². The quantitative estimate of drug-likeness (QED) is 0.797. The zero-order valence-corrected chi connectivity index (χ0v) is 16.7. The van der Waals surface area contributed by atoms with Crippen LogP contribution >= 0.6 is 0 Å². The van der Waals surface area contributed by atoms with Gasteiger partial charge in [0.1, 0.15) is 0 Å². The molecule has 0 bridgehead atoms. The summed E-state index contributed by atoms with van der Waals surface area (Å²) < 4.78 is 0. The highest BCUT2D eigenvalue weighted by Gasteiger charge is 2.34. The second kappa shape index (κ2) is 9.68. The molecular formula is C21H41N3O. The van der Waals surface area contributed by atoms with Crippen molar-refractivity contribution in [2.45, 2.75) is 83.3 Å². The Morgan fingerprint density at radius 2 is 1.64 bits per heavy atom. The summed E-state index contributed by atoms with van der Waals surface area (Å²) in [5.74, 6) is 0.935. The number of likely N-dealkylation sites (tertiary alicyclic amines) is 1. The molecule has 1 N–H and O–H groups in total. The van der Waals surface area contributed by atoms with Gasteiger partial charge in [0.05, 0.1) is 0 Å². The molecule has 3 rings (SSSR count). The number of aliphatic hydroxyl groups is 1. The fourth-order valence-electron chi connectivity index (χ4n) is 5.46. The molecule has 1 atom stereocenters. The highest BCUT2D eigenvalue weighted by molar-refractivity contribution is 4.90. The molecule has 2 heterocycles. The summed E-state index contributed by atoms with van der Waals surface area (Å²) in [5.41, 5.74) is 0. The third-order valence-corrected chi connectivity index (χ3v) is 7.01. The Bertz CT molecular complexity index is 375. The van der Waals surface area contributed by atoms with Crippen LogP contribution in [-0.4, -0.2) is 83.8 Å². The number of piperidine rings is 1. The largest absolute Gasteiger partial charge is 0.396 e. The molecule has 1 saturated carbocycles. The van der Waals surface area contributed by atoms with Gasteiger partial charge in [-0.05, 0) is 65.0 Å². The molecule has 3 aliphatic rings. The average molecular weight is 352 g/mol. The third-order valence-electron chi connectivity index (χ3n) is 7.01. The third kappa shape index (κ3) is 5.41. The Morgan fingerprint density at radius 1 is 0.920 bits per heavy atom. The van der Waals surface area contributed by atoms with E-state index in [-0.39, 0.29) is 0 Å². The first kappa shape index (κ1) is 19.6. The maximum Gasteiger partial charge on any atom is 0.0446 e. The predicted molar refractivity (Wildman–Crippen MR) is 105 cm³/mol. The lowest BCUT2D eigenvalue weighted by atomic mass is 9.88. The van der Waals surface area contributed by atoms with E-state index < -0.39 is 0 Å². The molecule has 4 heteroatoms. The highest BCUT2D eigenvalue weighted by atomic mass is 16.3. The van der Waals surface area contributed by atoms with E-state index in [4.69, 9.17) is 0 Å². The summed E-state index contributed by atoms with van der Waals surface area (Å²) in [7, 11) is 0. The number of nitrogens with zero attached hydrogens (tertiary/aromatic N) is 3. The van der Waals surface area contributed by atoms with Gasteiger partial charge in [-0.3, -0.25) is 4.90 Å². The van der Waals surface area contributed by atoms with E-state index in [1.807, 2.05) is 0 Å². The molecule has 2 saturated heterocycles. The minimum absolute atomic E-state index is 0.337. The smallest absolute Gasteiger partial charge is 0.0446 e. The van der Waals surface area contributed by atoms with E-state index in [2.05, 4.69) is 28.5 Å². The Morgan fingerprint density at radius 3 is 2.28 bits per heavy atom. The Labute approximate surface area is 155 Å². The molecule has 4 nitrogen and oxygen atoms in total. The number of hydrogen-bond donors (Lipinski definition) is 1.